The van der Waals surface area contributed by atoms with E-state index in [0.717, 1.165) is 121 Å². The van der Waals surface area contributed by atoms with Crippen molar-refractivity contribution in [1.82, 2.24) is 10.6 Å². The molecule has 0 spiro atoms. The Morgan fingerprint density at radius 2 is 0.782 bits per heavy atom. The lowest BCUT2D eigenvalue weighted by atomic mass is 9.63. The quantitative estimate of drug-likeness (QED) is 0.00761. The summed E-state index contributed by atoms with van der Waals surface area (Å²) in [4.78, 5) is 46.3. The van der Waals surface area contributed by atoms with Crippen molar-refractivity contribution in [3.8, 4) is 0 Å². The van der Waals surface area contributed by atoms with Crippen molar-refractivity contribution >= 4 is 25.4 Å². The third-order valence-electron chi connectivity index (χ3n) is 24.8. The summed E-state index contributed by atoms with van der Waals surface area (Å²) in [7, 11) is -5.69. The molecular formula is C104H145N2O17P. The second-order valence-electron chi connectivity index (χ2n) is 34.7. The Bertz CT molecular complexity index is 4100. The van der Waals surface area contributed by atoms with Crippen LogP contribution in [0.2, 0.25) is 0 Å². The van der Waals surface area contributed by atoms with Crippen LogP contribution < -0.4 is 10.6 Å². The predicted octanol–water partition coefficient (Wildman–Crippen LogP) is 19.9. The first-order chi connectivity index (χ1) is 60.3. The molecule has 2 unspecified atom stereocenters. The van der Waals surface area contributed by atoms with E-state index in [0.29, 0.717) is 47.1 Å². The first kappa shape index (κ1) is 100. The molecule has 19 nitrogen and oxygen atoms in total. The number of hydrogen-bond acceptors (Lipinski definition) is 17. The monoisotopic (exact) mass is 1730 g/mol. The van der Waals surface area contributed by atoms with Crippen LogP contribution in [0, 0.1) is 0 Å². The molecule has 124 heavy (non-hydrogen) atoms. The van der Waals surface area contributed by atoms with Crippen LogP contribution in [-0.2, 0) is 97.2 Å². The average Bonchev–Trinajstić information content (AvgIpc) is 0.686. The zero-order chi connectivity index (χ0) is 88.2. The van der Waals surface area contributed by atoms with Crippen molar-refractivity contribution in [2.45, 2.75) is 355 Å². The van der Waals surface area contributed by atoms with E-state index in [1.807, 2.05) is 30.3 Å². The third kappa shape index (κ3) is 30.3. The van der Waals surface area contributed by atoms with Gasteiger partial charge in [0, 0.05) is 32.1 Å². The molecular weight excluding hydrogens is 1580 g/mol. The second-order valence-corrected chi connectivity index (χ2v) is 36.9. The minimum atomic E-state index is -5.69. The average molecular weight is 1730 g/mol. The fourth-order valence-electron chi connectivity index (χ4n) is 17.9. The fraction of sp³-hybridized carbons (Fsp3) is 0.548. The number of aliphatic hydroxyl groups excluding tert-OH is 2. The normalized spacial score (nSPS) is 22.5. The maximum absolute atomic E-state index is 17.7. The Morgan fingerprint density at radius 1 is 0.427 bits per heavy atom. The summed E-state index contributed by atoms with van der Waals surface area (Å²) in [6, 6.07) is 57.9. The highest BCUT2D eigenvalue weighted by molar-refractivity contribution is 7.55. The van der Waals surface area contributed by atoms with E-state index in [4.69, 9.17) is 32.7 Å². The number of carbonyl (C=O) groups excluding carboxylic acids is 3. The molecule has 2 aliphatic heterocycles. The first-order valence-corrected chi connectivity index (χ1v) is 48.2. The summed E-state index contributed by atoms with van der Waals surface area (Å²) in [5, 5.41) is 91.5. The standard InChI is InChI=1S/C104H145N2O17P/c1-5-9-12-15-18-21-24-27-51-68-88(118-78-85-62-45-34-46-63-85)73-91(108)106-97-100(117-71-8-4)123-99(103(114,77-84-60-43-33-44-61-84)101(97,112)75-82-56-39-31-40-57-82)94(111)95-96(105-92(109)74-89(69-52-28-25-22-19-16-13-10-6-2)121-93(110)70-53-29-26-23-20-17-14-11-7-3)102(113,76-83-58-41-32-42-59-83)104(115,98(122-95)90(107)72-81-54-37-30-38-55-81)124(116,119-79-86-64-47-35-48-65-86)120-80-87-66-49-36-50-67-87/h8,30-50,54-67,88-90,94-100,107,111-115H,4-7,9-29,51-53,68-80H2,1-3H3,(H,105,109)(H,106,108)/t88-,89-,90?,94?,95+,96-,97-,98-,99-,100+,101-,102-,103-,104+/m1/s1. The van der Waals surface area contributed by atoms with Crippen LogP contribution in [0.4, 0.5) is 0 Å². The van der Waals surface area contributed by atoms with E-state index in [9.17, 15) is 20.1 Å². The van der Waals surface area contributed by atoms with Crippen LogP contribution >= 0.6 is 7.60 Å². The smallest absolute Gasteiger partial charge is 0.368 e. The molecule has 0 aliphatic carbocycles. The van der Waals surface area contributed by atoms with Crippen LogP contribution in [0.1, 0.15) is 265 Å². The Labute approximate surface area is 739 Å². The molecule has 678 valence electrons. The molecule has 2 saturated heterocycles. The highest BCUT2D eigenvalue weighted by Crippen LogP contribution is 2.69. The molecule has 2 amide bonds. The summed E-state index contributed by atoms with van der Waals surface area (Å²) in [6.07, 6.45) is 12.6. The minimum Gasteiger partial charge on any atom is -0.462 e. The van der Waals surface area contributed by atoms with Crippen molar-refractivity contribution in [1.29, 1.82) is 0 Å². The van der Waals surface area contributed by atoms with Gasteiger partial charge in [-0.2, -0.15) is 0 Å². The third-order valence-corrected chi connectivity index (χ3v) is 27.2. The Hall–Kier alpha value is -7.56. The highest BCUT2D eigenvalue weighted by Gasteiger charge is 2.78. The van der Waals surface area contributed by atoms with Gasteiger partial charge in [0.05, 0.1) is 57.5 Å². The summed E-state index contributed by atoms with van der Waals surface area (Å²) in [5.41, 5.74) is -5.29. The first-order valence-electron chi connectivity index (χ1n) is 46.7. The number of carbonyl (C=O) groups is 3. The van der Waals surface area contributed by atoms with Gasteiger partial charge < -0.3 is 74.0 Å². The number of ether oxygens (including phenoxy) is 5. The number of esters is 1. The minimum absolute atomic E-state index is 0.100. The lowest BCUT2D eigenvalue weighted by Crippen LogP contribution is -2.84. The molecule has 0 bridgehead atoms. The van der Waals surface area contributed by atoms with E-state index in [-0.39, 0.29) is 44.5 Å². The van der Waals surface area contributed by atoms with E-state index in [1.165, 1.54) is 51.0 Å². The number of hydrogen-bond donors (Lipinski definition) is 8. The number of benzene rings is 7. The SMILES string of the molecule is C=CCO[C@H]1O[C@H](C(O)[C@@H]2O[C@H](C(O)Cc3ccccc3)[C@](O)(P(=O)(OCc3ccccc3)OCc3ccccc3)[C@@](O)(Cc3ccccc3)[C@@H]2NC(=O)C[C@@H](CCCCCCCCCCC)OC(=O)CCCCCCCCCCC)[C@](O)(Cc2ccccc2)[C@@](O)(Cc2ccccc2)[C@@H]1NC(=O)C[C@@H](CCCCCCCCCCC)OCc1ccccc1. The Kier molecular flexibility index (Phi) is 43.6. The van der Waals surface area contributed by atoms with Crippen molar-refractivity contribution in [2.75, 3.05) is 6.61 Å². The topological polar surface area (TPSA) is 278 Å². The van der Waals surface area contributed by atoms with Crippen LogP contribution in [0.3, 0.4) is 0 Å². The summed E-state index contributed by atoms with van der Waals surface area (Å²) < 4.78 is 65.5. The molecule has 2 heterocycles. The van der Waals surface area contributed by atoms with Gasteiger partial charge >= 0.3 is 13.6 Å². The van der Waals surface area contributed by atoms with Crippen LogP contribution in [0.5, 0.6) is 0 Å². The summed E-state index contributed by atoms with van der Waals surface area (Å²) in [5.74, 6) is -1.96. The van der Waals surface area contributed by atoms with E-state index < -0.39 is 148 Å². The van der Waals surface area contributed by atoms with Gasteiger partial charge in [0.2, 0.25) is 17.2 Å². The van der Waals surface area contributed by atoms with E-state index in [2.05, 4.69) is 38.0 Å². The van der Waals surface area contributed by atoms with Gasteiger partial charge in [-0.25, -0.2) is 0 Å². The number of nitrogens with one attached hydrogen (secondary N) is 2. The lowest BCUT2D eigenvalue weighted by Gasteiger charge is -2.62. The number of amides is 2. The van der Waals surface area contributed by atoms with Crippen LogP contribution in [0.15, 0.2) is 225 Å². The highest BCUT2D eigenvalue weighted by atomic mass is 31.2. The van der Waals surface area contributed by atoms with Gasteiger partial charge in [0.15, 0.2) is 6.29 Å². The molecule has 2 aliphatic rings. The maximum atomic E-state index is 17.7. The molecule has 9 rings (SSSR count). The molecule has 0 saturated carbocycles. The molecule has 14 atom stereocenters. The molecule has 8 N–H and O–H groups in total. The van der Waals surface area contributed by atoms with Gasteiger partial charge in [-0.05, 0) is 64.6 Å². The van der Waals surface area contributed by atoms with E-state index in [1.54, 1.807) is 182 Å². The van der Waals surface area contributed by atoms with Crippen molar-refractivity contribution in [2.24, 2.45) is 0 Å². The molecule has 7 aromatic rings. The fourth-order valence-corrected chi connectivity index (χ4v) is 20.2. The zero-order valence-corrected chi connectivity index (χ0v) is 75.1. The lowest BCUT2D eigenvalue weighted by molar-refractivity contribution is -0.361. The second kappa shape index (κ2) is 53.9. The number of aliphatic hydroxyl groups is 6. The Morgan fingerprint density at radius 3 is 1.21 bits per heavy atom. The maximum Gasteiger partial charge on any atom is 0.368 e. The Balaban J connectivity index is 1.22. The van der Waals surface area contributed by atoms with Crippen molar-refractivity contribution in [3.05, 3.63) is 264 Å². The largest absolute Gasteiger partial charge is 0.462 e. The van der Waals surface area contributed by atoms with Crippen LogP contribution in [-0.4, -0.2) is 138 Å². The van der Waals surface area contributed by atoms with Gasteiger partial charge in [-0.3, -0.25) is 18.9 Å². The summed E-state index contributed by atoms with van der Waals surface area (Å²) >= 11 is 0. The van der Waals surface area contributed by atoms with Crippen molar-refractivity contribution in [3.63, 3.8) is 0 Å². The van der Waals surface area contributed by atoms with Gasteiger partial charge in [0.25, 0.3) is 0 Å². The van der Waals surface area contributed by atoms with E-state index >= 15 is 29.5 Å². The predicted molar refractivity (Wildman–Crippen MR) is 489 cm³/mol. The van der Waals surface area contributed by atoms with Gasteiger partial charge in [-0.15, -0.1) is 6.58 Å². The van der Waals surface area contributed by atoms with Gasteiger partial charge in [-0.1, -0.05) is 400 Å². The molecule has 20 heteroatoms. The molecule has 2 fully saturated rings. The molecule has 0 aromatic heterocycles. The molecule has 7 aromatic carbocycles. The number of unbranched alkanes of at least 4 members (excludes halogenated alkanes) is 24. The van der Waals surface area contributed by atoms with Gasteiger partial charge in [0.1, 0.15) is 53.4 Å². The zero-order valence-electron chi connectivity index (χ0n) is 74.2. The van der Waals surface area contributed by atoms with Crippen LogP contribution in [0.25, 0.3) is 0 Å². The molecule has 0 radical (unpaired) electrons. The number of rotatable bonds is 61. The summed E-state index contributed by atoms with van der Waals surface area (Å²) in [6.45, 7) is 9.49. The van der Waals surface area contributed by atoms with Crippen molar-refractivity contribution < 1.29 is 82.3 Å².